The van der Waals surface area contributed by atoms with Gasteiger partial charge in [-0.2, -0.15) is 0 Å². The average molecular weight is 382 g/mol. The van der Waals surface area contributed by atoms with Gasteiger partial charge in [0.05, 0.1) is 21.7 Å². The molecule has 0 saturated carbocycles. The third kappa shape index (κ3) is 4.89. The Hall–Kier alpha value is -2.20. The van der Waals surface area contributed by atoms with Gasteiger partial charge in [-0.1, -0.05) is 23.5 Å². The summed E-state index contributed by atoms with van der Waals surface area (Å²) < 4.78 is 23.7. The van der Waals surface area contributed by atoms with Gasteiger partial charge < -0.3 is 16.0 Å². The molecule has 1 atom stereocenters. The molecule has 3 rings (SSSR count). The topological polar surface area (TPSA) is 117 Å². The molecular weight excluding hydrogens is 364 g/mol. The van der Waals surface area contributed by atoms with E-state index in [9.17, 15) is 18.0 Å². The number of amides is 3. The van der Waals surface area contributed by atoms with Crippen LogP contribution in [-0.2, 0) is 14.6 Å². The molecule has 2 aromatic rings. The van der Waals surface area contributed by atoms with Gasteiger partial charge in [-0.3, -0.25) is 4.79 Å². The molecule has 1 aliphatic rings. The van der Waals surface area contributed by atoms with Crippen LogP contribution in [0.25, 0.3) is 10.2 Å². The smallest absolute Gasteiger partial charge is 0.315 e. The van der Waals surface area contributed by atoms with Crippen LogP contribution >= 0.6 is 11.3 Å². The van der Waals surface area contributed by atoms with Crippen molar-refractivity contribution < 1.29 is 18.0 Å². The Labute approximate surface area is 148 Å². The summed E-state index contributed by atoms with van der Waals surface area (Å²) in [6, 6.07) is 6.76. The van der Waals surface area contributed by atoms with Crippen LogP contribution in [0.4, 0.5) is 9.93 Å². The first kappa shape index (κ1) is 17.6. The summed E-state index contributed by atoms with van der Waals surface area (Å²) in [6.45, 7) is 0.155. The van der Waals surface area contributed by atoms with E-state index < -0.39 is 15.9 Å². The monoisotopic (exact) mass is 382 g/mol. The fourth-order valence-electron chi connectivity index (χ4n) is 2.54. The van der Waals surface area contributed by atoms with E-state index in [0.717, 1.165) is 10.2 Å². The number of para-hydroxylation sites is 1. The summed E-state index contributed by atoms with van der Waals surface area (Å²) in [6.07, 6.45) is 0.528. The van der Waals surface area contributed by atoms with E-state index >= 15 is 0 Å². The second-order valence-electron chi connectivity index (χ2n) is 5.79. The Morgan fingerprint density at radius 2 is 2.08 bits per heavy atom. The zero-order chi connectivity index (χ0) is 17.9. The number of anilines is 1. The minimum Gasteiger partial charge on any atom is -0.338 e. The van der Waals surface area contributed by atoms with E-state index in [-0.39, 0.29) is 36.4 Å². The molecule has 0 aliphatic carbocycles. The summed E-state index contributed by atoms with van der Waals surface area (Å²) >= 11 is 1.39. The molecule has 1 aromatic heterocycles. The first-order valence-corrected chi connectivity index (χ1v) is 10.5. The van der Waals surface area contributed by atoms with Gasteiger partial charge in [0.1, 0.15) is 0 Å². The number of thiazole rings is 1. The number of nitrogens with zero attached hydrogens (tertiary/aromatic N) is 1. The SMILES string of the molecule is O=C(CCNC(=O)NC1CCS(=O)(=O)C1)Nc1nc2ccccc2s1. The van der Waals surface area contributed by atoms with Crippen LogP contribution in [0.2, 0.25) is 0 Å². The number of hydrogen-bond acceptors (Lipinski definition) is 6. The molecular formula is C15H18N4O4S2. The average Bonchev–Trinajstić information content (AvgIpc) is 3.09. The lowest BCUT2D eigenvalue weighted by Gasteiger charge is -2.11. The number of carbonyl (C=O) groups excluding carboxylic acids is 2. The zero-order valence-electron chi connectivity index (χ0n) is 13.3. The van der Waals surface area contributed by atoms with Crippen molar-refractivity contribution in [2.75, 3.05) is 23.4 Å². The number of sulfone groups is 1. The van der Waals surface area contributed by atoms with Gasteiger partial charge in [0, 0.05) is 19.0 Å². The summed E-state index contributed by atoms with van der Waals surface area (Å²) in [5, 5.41) is 8.39. The van der Waals surface area contributed by atoms with Crippen molar-refractivity contribution in [2.24, 2.45) is 0 Å². The molecule has 0 bridgehead atoms. The van der Waals surface area contributed by atoms with Gasteiger partial charge in [0.25, 0.3) is 0 Å². The van der Waals surface area contributed by atoms with E-state index in [1.54, 1.807) is 0 Å². The van der Waals surface area contributed by atoms with Crippen LogP contribution in [0.3, 0.4) is 0 Å². The zero-order valence-corrected chi connectivity index (χ0v) is 15.0. The summed E-state index contributed by atoms with van der Waals surface area (Å²) in [7, 11) is -3.03. The number of urea groups is 1. The summed E-state index contributed by atoms with van der Waals surface area (Å²) in [4.78, 5) is 27.9. The molecule has 134 valence electrons. The molecule has 1 saturated heterocycles. The molecule has 0 radical (unpaired) electrons. The highest BCUT2D eigenvalue weighted by molar-refractivity contribution is 7.91. The lowest BCUT2D eigenvalue weighted by molar-refractivity contribution is -0.116. The second kappa shape index (κ2) is 7.36. The Balaban J connectivity index is 1.39. The van der Waals surface area contributed by atoms with Crippen LogP contribution in [0.5, 0.6) is 0 Å². The number of benzene rings is 1. The maximum atomic E-state index is 11.9. The van der Waals surface area contributed by atoms with E-state index in [1.165, 1.54) is 11.3 Å². The van der Waals surface area contributed by atoms with E-state index in [1.807, 2.05) is 24.3 Å². The number of nitrogens with one attached hydrogen (secondary N) is 3. The standard InChI is InChI=1S/C15H18N4O4S2/c20-13(19-15-18-11-3-1-2-4-12(11)24-15)5-7-16-14(21)17-10-6-8-25(22,23)9-10/h1-4,10H,5-9H2,(H2,16,17,21)(H,18,19,20). The van der Waals surface area contributed by atoms with Crippen LogP contribution < -0.4 is 16.0 Å². The lowest BCUT2D eigenvalue weighted by Crippen LogP contribution is -2.43. The Bertz CT molecular complexity index is 861. The van der Waals surface area contributed by atoms with Crippen molar-refractivity contribution >= 4 is 48.5 Å². The number of aromatic nitrogens is 1. The molecule has 3 amide bonds. The molecule has 2 heterocycles. The molecule has 1 aromatic carbocycles. The fourth-order valence-corrected chi connectivity index (χ4v) is 5.10. The molecule has 1 aliphatic heterocycles. The third-order valence-corrected chi connectivity index (χ3v) is 6.47. The maximum Gasteiger partial charge on any atom is 0.315 e. The Morgan fingerprint density at radius 1 is 1.28 bits per heavy atom. The van der Waals surface area contributed by atoms with Crippen molar-refractivity contribution in [3.8, 4) is 0 Å². The second-order valence-corrected chi connectivity index (χ2v) is 9.04. The minimum absolute atomic E-state index is 0.0293. The molecule has 0 spiro atoms. The molecule has 25 heavy (non-hydrogen) atoms. The quantitative estimate of drug-likeness (QED) is 0.716. The molecule has 1 unspecified atom stereocenters. The van der Waals surface area contributed by atoms with Crippen molar-refractivity contribution in [1.29, 1.82) is 0 Å². The van der Waals surface area contributed by atoms with Crippen molar-refractivity contribution in [1.82, 2.24) is 15.6 Å². The van der Waals surface area contributed by atoms with E-state index in [0.29, 0.717) is 11.6 Å². The third-order valence-electron chi connectivity index (χ3n) is 3.75. The first-order valence-electron chi connectivity index (χ1n) is 7.81. The highest BCUT2D eigenvalue weighted by Crippen LogP contribution is 2.25. The highest BCUT2D eigenvalue weighted by atomic mass is 32.2. The molecule has 10 heteroatoms. The fraction of sp³-hybridized carbons (Fsp3) is 0.400. The summed E-state index contributed by atoms with van der Waals surface area (Å²) in [5.41, 5.74) is 0.826. The Kier molecular flexibility index (Phi) is 5.19. The summed E-state index contributed by atoms with van der Waals surface area (Å²) in [5.74, 6) is -0.177. The molecule has 1 fully saturated rings. The van der Waals surface area contributed by atoms with Crippen LogP contribution in [0, 0.1) is 0 Å². The van der Waals surface area contributed by atoms with Gasteiger partial charge in [-0.25, -0.2) is 18.2 Å². The van der Waals surface area contributed by atoms with Gasteiger partial charge >= 0.3 is 6.03 Å². The highest BCUT2D eigenvalue weighted by Gasteiger charge is 2.28. The van der Waals surface area contributed by atoms with Crippen LogP contribution in [0.15, 0.2) is 24.3 Å². The van der Waals surface area contributed by atoms with Crippen LogP contribution in [-0.4, -0.2) is 49.4 Å². The van der Waals surface area contributed by atoms with E-state index in [4.69, 9.17) is 0 Å². The van der Waals surface area contributed by atoms with Gasteiger partial charge in [0.2, 0.25) is 5.91 Å². The van der Waals surface area contributed by atoms with Gasteiger partial charge in [-0.15, -0.1) is 0 Å². The first-order chi connectivity index (χ1) is 11.9. The maximum absolute atomic E-state index is 11.9. The minimum atomic E-state index is -3.03. The predicted octanol–water partition coefficient (Wildman–Crippen LogP) is 1.11. The Morgan fingerprint density at radius 3 is 2.80 bits per heavy atom. The number of rotatable bonds is 5. The number of fused-ring (bicyclic) bond motifs is 1. The molecule has 3 N–H and O–H groups in total. The largest absolute Gasteiger partial charge is 0.338 e. The van der Waals surface area contributed by atoms with Gasteiger partial charge in [-0.05, 0) is 18.6 Å². The van der Waals surface area contributed by atoms with E-state index in [2.05, 4.69) is 20.9 Å². The van der Waals surface area contributed by atoms with Crippen molar-refractivity contribution in [3.63, 3.8) is 0 Å². The van der Waals surface area contributed by atoms with Crippen molar-refractivity contribution in [2.45, 2.75) is 18.9 Å². The molecule has 8 nitrogen and oxygen atoms in total. The van der Waals surface area contributed by atoms with Crippen molar-refractivity contribution in [3.05, 3.63) is 24.3 Å². The normalized spacial score (nSPS) is 18.8. The number of carbonyl (C=O) groups is 2. The lowest BCUT2D eigenvalue weighted by atomic mass is 10.3. The van der Waals surface area contributed by atoms with Gasteiger partial charge in [0.15, 0.2) is 15.0 Å². The van der Waals surface area contributed by atoms with Crippen LogP contribution in [0.1, 0.15) is 12.8 Å². The number of hydrogen-bond donors (Lipinski definition) is 3. The predicted molar refractivity (Wildman–Crippen MR) is 96.5 cm³/mol.